The van der Waals surface area contributed by atoms with Crippen LogP contribution in [0.1, 0.15) is 25.7 Å². The van der Waals surface area contributed by atoms with Gasteiger partial charge in [0.25, 0.3) is 0 Å². The summed E-state index contributed by atoms with van der Waals surface area (Å²) in [6, 6.07) is 0.799. The van der Waals surface area contributed by atoms with Gasteiger partial charge in [0.2, 0.25) is 0 Å². The van der Waals surface area contributed by atoms with Crippen LogP contribution in [0.25, 0.3) is 0 Å². The summed E-state index contributed by atoms with van der Waals surface area (Å²) in [6.07, 6.45) is 5.18. The Labute approximate surface area is 83.1 Å². The summed E-state index contributed by atoms with van der Waals surface area (Å²) >= 11 is 3.42. The first kappa shape index (κ1) is 10.5. The standard InChI is InChI=1S/C9H18BrNO/c10-5-1-2-6-11(7-8-12)9-3-4-9/h9,12H,1-8H2. The van der Waals surface area contributed by atoms with Crippen molar-refractivity contribution in [3.8, 4) is 0 Å². The van der Waals surface area contributed by atoms with Crippen molar-refractivity contribution in [2.24, 2.45) is 0 Å². The van der Waals surface area contributed by atoms with Gasteiger partial charge in [-0.2, -0.15) is 0 Å². The summed E-state index contributed by atoms with van der Waals surface area (Å²) in [6.45, 7) is 2.34. The highest BCUT2D eigenvalue weighted by molar-refractivity contribution is 9.09. The van der Waals surface area contributed by atoms with Gasteiger partial charge >= 0.3 is 0 Å². The van der Waals surface area contributed by atoms with E-state index in [0.717, 1.165) is 24.5 Å². The van der Waals surface area contributed by atoms with Gasteiger partial charge in [-0.3, -0.25) is 4.90 Å². The summed E-state index contributed by atoms with van der Waals surface area (Å²) < 4.78 is 0. The Morgan fingerprint density at radius 2 is 2.00 bits per heavy atom. The first-order valence-electron chi connectivity index (χ1n) is 4.79. The number of aliphatic hydroxyl groups excluding tert-OH is 1. The second-order valence-corrected chi connectivity index (χ2v) is 4.18. The van der Waals surface area contributed by atoms with Crippen LogP contribution in [0.4, 0.5) is 0 Å². The molecule has 0 bridgehead atoms. The van der Waals surface area contributed by atoms with E-state index in [1.54, 1.807) is 0 Å². The molecule has 0 spiro atoms. The second-order valence-electron chi connectivity index (χ2n) is 3.39. The molecule has 0 heterocycles. The highest BCUT2D eigenvalue weighted by Gasteiger charge is 2.27. The normalized spacial score (nSPS) is 17.2. The van der Waals surface area contributed by atoms with Gasteiger partial charge in [-0.25, -0.2) is 0 Å². The predicted molar refractivity (Wildman–Crippen MR) is 54.7 cm³/mol. The largest absolute Gasteiger partial charge is 0.395 e. The summed E-state index contributed by atoms with van der Waals surface area (Å²) in [5, 5.41) is 9.92. The molecule has 3 heteroatoms. The lowest BCUT2D eigenvalue weighted by atomic mass is 10.3. The van der Waals surface area contributed by atoms with Crippen LogP contribution in [0.2, 0.25) is 0 Å². The van der Waals surface area contributed by atoms with Crippen molar-refractivity contribution in [1.82, 2.24) is 4.90 Å². The molecule has 0 aromatic carbocycles. The smallest absolute Gasteiger partial charge is 0.0558 e. The summed E-state index contributed by atoms with van der Waals surface area (Å²) in [5.74, 6) is 0. The van der Waals surface area contributed by atoms with Gasteiger partial charge in [0.05, 0.1) is 6.61 Å². The number of halogens is 1. The molecule has 2 nitrogen and oxygen atoms in total. The highest BCUT2D eigenvalue weighted by Crippen LogP contribution is 2.26. The molecule has 0 saturated heterocycles. The van der Waals surface area contributed by atoms with E-state index in [9.17, 15) is 0 Å². The Balaban J connectivity index is 2.05. The molecule has 0 aromatic heterocycles. The molecular weight excluding hydrogens is 218 g/mol. The maximum absolute atomic E-state index is 8.82. The molecule has 0 unspecified atom stereocenters. The van der Waals surface area contributed by atoms with Gasteiger partial charge in [-0.1, -0.05) is 15.9 Å². The lowest BCUT2D eigenvalue weighted by molar-refractivity contribution is 0.187. The van der Waals surface area contributed by atoms with E-state index in [-0.39, 0.29) is 0 Å². The average Bonchev–Trinajstić information content (AvgIpc) is 2.86. The fourth-order valence-electron chi connectivity index (χ4n) is 1.45. The molecule has 1 aliphatic carbocycles. The van der Waals surface area contributed by atoms with Crippen molar-refractivity contribution < 1.29 is 5.11 Å². The Morgan fingerprint density at radius 3 is 2.50 bits per heavy atom. The van der Waals surface area contributed by atoms with E-state index in [4.69, 9.17) is 5.11 Å². The third kappa shape index (κ3) is 3.87. The molecule has 1 rings (SSSR count). The van der Waals surface area contributed by atoms with Crippen LogP contribution in [0.15, 0.2) is 0 Å². The van der Waals surface area contributed by atoms with Crippen molar-refractivity contribution in [3.63, 3.8) is 0 Å². The lowest BCUT2D eigenvalue weighted by Crippen LogP contribution is -2.30. The molecule has 0 amide bonds. The highest BCUT2D eigenvalue weighted by atomic mass is 79.9. The van der Waals surface area contributed by atoms with Crippen molar-refractivity contribution >= 4 is 15.9 Å². The van der Waals surface area contributed by atoms with Gasteiger partial charge in [-0.15, -0.1) is 0 Å². The number of rotatable bonds is 7. The number of aliphatic hydroxyl groups is 1. The maximum Gasteiger partial charge on any atom is 0.0558 e. The van der Waals surface area contributed by atoms with Crippen molar-refractivity contribution in [3.05, 3.63) is 0 Å². The Bertz CT molecular complexity index is 117. The second kappa shape index (κ2) is 5.95. The number of hydrogen-bond acceptors (Lipinski definition) is 2. The van der Waals surface area contributed by atoms with E-state index >= 15 is 0 Å². The third-order valence-corrected chi connectivity index (χ3v) is 2.84. The van der Waals surface area contributed by atoms with Gasteiger partial charge < -0.3 is 5.11 Å². The zero-order valence-electron chi connectivity index (χ0n) is 7.51. The van der Waals surface area contributed by atoms with Crippen LogP contribution in [0.3, 0.4) is 0 Å². The van der Waals surface area contributed by atoms with Crippen molar-refractivity contribution in [2.45, 2.75) is 31.7 Å². The molecule has 1 fully saturated rings. The van der Waals surface area contributed by atoms with E-state index < -0.39 is 0 Å². The minimum absolute atomic E-state index is 0.310. The van der Waals surface area contributed by atoms with Crippen molar-refractivity contribution in [2.75, 3.05) is 25.0 Å². The molecule has 0 aromatic rings. The van der Waals surface area contributed by atoms with Crippen LogP contribution in [-0.2, 0) is 0 Å². The van der Waals surface area contributed by atoms with Gasteiger partial charge in [0.15, 0.2) is 0 Å². The fourth-order valence-corrected chi connectivity index (χ4v) is 1.85. The zero-order chi connectivity index (χ0) is 8.81. The third-order valence-electron chi connectivity index (χ3n) is 2.28. The Morgan fingerprint density at radius 1 is 1.25 bits per heavy atom. The minimum Gasteiger partial charge on any atom is -0.395 e. The molecule has 0 radical (unpaired) electrons. The van der Waals surface area contributed by atoms with E-state index in [1.807, 2.05) is 0 Å². The quantitative estimate of drug-likeness (QED) is 0.536. The summed E-state index contributed by atoms with van der Waals surface area (Å²) in [5.41, 5.74) is 0. The van der Waals surface area contributed by atoms with Crippen LogP contribution in [0.5, 0.6) is 0 Å². The van der Waals surface area contributed by atoms with Gasteiger partial charge in [0, 0.05) is 17.9 Å². The molecule has 0 atom stereocenters. The van der Waals surface area contributed by atoms with Crippen LogP contribution >= 0.6 is 15.9 Å². The Hall–Kier alpha value is 0.400. The first-order chi connectivity index (χ1) is 5.88. The Kier molecular flexibility index (Phi) is 5.19. The van der Waals surface area contributed by atoms with E-state index in [1.165, 1.54) is 25.7 Å². The fraction of sp³-hybridized carbons (Fsp3) is 1.00. The topological polar surface area (TPSA) is 23.5 Å². The molecule has 1 saturated carbocycles. The molecule has 0 aliphatic heterocycles. The number of nitrogens with zero attached hydrogens (tertiary/aromatic N) is 1. The minimum atomic E-state index is 0.310. The SMILES string of the molecule is OCCN(CCCCBr)C1CC1. The van der Waals surface area contributed by atoms with Crippen LogP contribution < -0.4 is 0 Å². The number of alkyl halides is 1. The monoisotopic (exact) mass is 235 g/mol. The number of unbranched alkanes of at least 4 members (excludes halogenated alkanes) is 1. The van der Waals surface area contributed by atoms with Gasteiger partial charge in [-0.05, 0) is 32.2 Å². The molecule has 1 N–H and O–H groups in total. The maximum atomic E-state index is 8.82. The molecule has 12 heavy (non-hydrogen) atoms. The zero-order valence-corrected chi connectivity index (χ0v) is 9.09. The molecule has 1 aliphatic rings. The lowest BCUT2D eigenvalue weighted by Gasteiger charge is -2.20. The average molecular weight is 236 g/mol. The summed E-state index contributed by atoms with van der Waals surface area (Å²) in [4.78, 5) is 2.42. The van der Waals surface area contributed by atoms with Gasteiger partial charge in [0.1, 0.15) is 0 Å². The predicted octanol–water partition coefficient (Wildman–Crippen LogP) is 1.62. The first-order valence-corrected chi connectivity index (χ1v) is 5.91. The van der Waals surface area contributed by atoms with Crippen LogP contribution in [-0.4, -0.2) is 41.1 Å². The molecular formula is C9H18BrNO. The van der Waals surface area contributed by atoms with E-state index in [2.05, 4.69) is 20.8 Å². The number of hydrogen-bond donors (Lipinski definition) is 1. The van der Waals surface area contributed by atoms with E-state index in [0.29, 0.717) is 6.61 Å². The summed E-state index contributed by atoms with van der Waals surface area (Å²) in [7, 11) is 0. The molecule has 72 valence electrons. The van der Waals surface area contributed by atoms with Crippen molar-refractivity contribution in [1.29, 1.82) is 0 Å². The van der Waals surface area contributed by atoms with Crippen LogP contribution in [0, 0.1) is 0 Å².